The number of hydrogen-bond donors (Lipinski definition) is 3. The highest BCUT2D eigenvalue weighted by Gasteiger charge is 2.42. The molecule has 0 spiro atoms. The molecule has 3 atom stereocenters. The average molecular weight is 276 g/mol. The third kappa shape index (κ3) is 2.46. The number of hydrogen-bond acceptors (Lipinski definition) is 3. The highest BCUT2D eigenvalue weighted by atomic mass is 16.2. The summed E-state index contributed by atoms with van der Waals surface area (Å²) in [6.45, 7) is 7.34. The fourth-order valence-electron chi connectivity index (χ4n) is 3.45. The standard InChI is InChI=1S/C15H24N4O/c1-15(2,3)11-7-12(19-18-11)17-14(20)13-10-6-4-5-9(10)8-16-13/h7,9-10,13,16H,4-6,8H2,1-3H3,(H2,17,18,19,20). The van der Waals surface area contributed by atoms with Gasteiger partial charge in [0.15, 0.2) is 5.82 Å². The van der Waals surface area contributed by atoms with E-state index in [0.29, 0.717) is 17.7 Å². The second kappa shape index (κ2) is 4.88. The molecule has 0 aromatic carbocycles. The van der Waals surface area contributed by atoms with E-state index in [-0.39, 0.29) is 17.4 Å². The van der Waals surface area contributed by atoms with Gasteiger partial charge >= 0.3 is 0 Å². The van der Waals surface area contributed by atoms with Crippen LogP contribution in [-0.4, -0.2) is 28.7 Å². The first kappa shape index (κ1) is 13.6. The molecule has 5 nitrogen and oxygen atoms in total. The number of aromatic nitrogens is 2. The van der Waals surface area contributed by atoms with Crippen molar-refractivity contribution in [2.75, 3.05) is 11.9 Å². The van der Waals surface area contributed by atoms with Gasteiger partial charge in [0, 0.05) is 17.2 Å². The van der Waals surface area contributed by atoms with Crippen molar-refractivity contribution in [3.05, 3.63) is 11.8 Å². The molecule has 1 saturated heterocycles. The van der Waals surface area contributed by atoms with Crippen LogP contribution < -0.4 is 10.6 Å². The molecule has 20 heavy (non-hydrogen) atoms. The van der Waals surface area contributed by atoms with E-state index in [1.807, 2.05) is 6.07 Å². The smallest absolute Gasteiger partial charge is 0.243 e. The minimum atomic E-state index is -0.0442. The predicted octanol–water partition coefficient (Wildman–Crippen LogP) is 2.03. The number of aromatic amines is 1. The van der Waals surface area contributed by atoms with Gasteiger partial charge in [-0.15, -0.1) is 0 Å². The van der Waals surface area contributed by atoms with Gasteiger partial charge in [0.1, 0.15) is 0 Å². The van der Waals surface area contributed by atoms with Crippen molar-refractivity contribution in [2.45, 2.75) is 51.5 Å². The van der Waals surface area contributed by atoms with Crippen molar-refractivity contribution < 1.29 is 4.79 Å². The number of nitrogens with zero attached hydrogens (tertiary/aromatic N) is 1. The van der Waals surface area contributed by atoms with Gasteiger partial charge in [-0.05, 0) is 31.2 Å². The van der Waals surface area contributed by atoms with Gasteiger partial charge in [-0.2, -0.15) is 5.10 Å². The lowest BCUT2D eigenvalue weighted by Gasteiger charge is -2.17. The largest absolute Gasteiger partial charge is 0.308 e. The molecule has 1 amide bonds. The number of anilines is 1. The summed E-state index contributed by atoms with van der Waals surface area (Å²) in [4.78, 5) is 12.4. The van der Waals surface area contributed by atoms with E-state index in [9.17, 15) is 4.79 Å². The third-order valence-corrected chi connectivity index (χ3v) is 4.67. The number of carbonyl (C=O) groups excluding carboxylic acids is 1. The van der Waals surface area contributed by atoms with Gasteiger partial charge < -0.3 is 10.6 Å². The van der Waals surface area contributed by atoms with Gasteiger partial charge in [-0.25, -0.2) is 0 Å². The molecule has 110 valence electrons. The summed E-state index contributed by atoms with van der Waals surface area (Å²) in [5.74, 6) is 1.89. The highest BCUT2D eigenvalue weighted by molar-refractivity contribution is 5.94. The third-order valence-electron chi connectivity index (χ3n) is 4.67. The Morgan fingerprint density at radius 3 is 2.90 bits per heavy atom. The Bertz CT molecular complexity index is 502. The lowest BCUT2D eigenvalue weighted by molar-refractivity contribution is -0.118. The Morgan fingerprint density at radius 1 is 1.40 bits per heavy atom. The molecule has 1 aliphatic heterocycles. The summed E-state index contributed by atoms with van der Waals surface area (Å²) in [6, 6.07) is 1.89. The van der Waals surface area contributed by atoms with E-state index < -0.39 is 0 Å². The number of fused-ring (bicyclic) bond motifs is 1. The van der Waals surface area contributed by atoms with Crippen LogP contribution >= 0.6 is 0 Å². The van der Waals surface area contributed by atoms with Crippen LogP contribution in [0, 0.1) is 11.8 Å². The normalized spacial score (nSPS) is 29.4. The Morgan fingerprint density at radius 2 is 2.20 bits per heavy atom. The van der Waals surface area contributed by atoms with Crippen LogP contribution in [0.15, 0.2) is 6.07 Å². The highest BCUT2D eigenvalue weighted by Crippen LogP contribution is 2.38. The number of rotatable bonds is 2. The molecule has 5 heteroatoms. The van der Waals surface area contributed by atoms with Crippen LogP contribution in [0.2, 0.25) is 0 Å². The lowest BCUT2D eigenvalue weighted by Crippen LogP contribution is -2.39. The average Bonchev–Trinajstić information content (AvgIpc) is 3.01. The summed E-state index contributed by atoms with van der Waals surface area (Å²) in [7, 11) is 0. The monoisotopic (exact) mass is 276 g/mol. The summed E-state index contributed by atoms with van der Waals surface area (Å²) < 4.78 is 0. The maximum absolute atomic E-state index is 12.4. The molecule has 1 saturated carbocycles. The zero-order valence-electron chi connectivity index (χ0n) is 12.5. The molecular weight excluding hydrogens is 252 g/mol. The van der Waals surface area contributed by atoms with Gasteiger partial charge in [0.25, 0.3) is 0 Å². The van der Waals surface area contributed by atoms with Crippen LogP contribution in [0.4, 0.5) is 5.82 Å². The Kier molecular flexibility index (Phi) is 3.32. The maximum Gasteiger partial charge on any atom is 0.243 e. The first-order valence-corrected chi connectivity index (χ1v) is 7.55. The summed E-state index contributed by atoms with van der Waals surface area (Å²) in [5.41, 5.74) is 1.05. The van der Waals surface area contributed by atoms with Crippen molar-refractivity contribution >= 4 is 11.7 Å². The van der Waals surface area contributed by atoms with Gasteiger partial charge in [-0.1, -0.05) is 27.2 Å². The molecule has 3 unspecified atom stereocenters. The number of amides is 1. The molecule has 1 aromatic heterocycles. The molecule has 2 fully saturated rings. The molecule has 2 heterocycles. The quantitative estimate of drug-likeness (QED) is 0.774. The van der Waals surface area contributed by atoms with Gasteiger partial charge in [-0.3, -0.25) is 9.89 Å². The summed E-state index contributed by atoms with van der Waals surface area (Å²) >= 11 is 0. The molecule has 0 radical (unpaired) electrons. The zero-order chi connectivity index (χ0) is 14.3. The first-order valence-electron chi connectivity index (χ1n) is 7.55. The molecular formula is C15H24N4O. The van der Waals surface area contributed by atoms with Crippen molar-refractivity contribution in [3.63, 3.8) is 0 Å². The summed E-state index contributed by atoms with van der Waals surface area (Å²) in [6.07, 6.45) is 3.69. The first-order chi connectivity index (χ1) is 9.45. The van der Waals surface area contributed by atoms with Crippen LogP contribution in [0.25, 0.3) is 0 Å². The Hall–Kier alpha value is -1.36. The fourth-order valence-corrected chi connectivity index (χ4v) is 3.45. The van der Waals surface area contributed by atoms with Crippen molar-refractivity contribution in [1.29, 1.82) is 0 Å². The molecule has 0 bridgehead atoms. The molecule has 3 N–H and O–H groups in total. The zero-order valence-corrected chi connectivity index (χ0v) is 12.5. The number of carbonyl (C=O) groups is 1. The second-order valence-corrected chi connectivity index (χ2v) is 7.15. The van der Waals surface area contributed by atoms with Gasteiger partial charge in [0.05, 0.1) is 6.04 Å². The topological polar surface area (TPSA) is 69.8 Å². The number of H-pyrrole nitrogens is 1. The number of nitrogens with one attached hydrogen (secondary N) is 3. The molecule has 2 aliphatic rings. The minimum absolute atomic E-state index is 0.0120. The maximum atomic E-state index is 12.4. The van der Waals surface area contributed by atoms with Crippen molar-refractivity contribution in [1.82, 2.24) is 15.5 Å². The van der Waals surface area contributed by atoms with Crippen molar-refractivity contribution in [2.24, 2.45) is 11.8 Å². The molecule has 1 aromatic rings. The minimum Gasteiger partial charge on any atom is -0.308 e. The predicted molar refractivity (Wildman–Crippen MR) is 78.5 cm³/mol. The lowest BCUT2D eigenvalue weighted by atomic mass is 9.92. The fraction of sp³-hybridized carbons (Fsp3) is 0.733. The van der Waals surface area contributed by atoms with Crippen LogP contribution in [0.1, 0.15) is 45.7 Å². The van der Waals surface area contributed by atoms with E-state index >= 15 is 0 Å². The van der Waals surface area contributed by atoms with E-state index in [0.717, 1.165) is 12.2 Å². The van der Waals surface area contributed by atoms with Crippen LogP contribution in [0.3, 0.4) is 0 Å². The molecule has 3 rings (SSSR count). The molecule has 1 aliphatic carbocycles. The van der Waals surface area contributed by atoms with Gasteiger partial charge in [0.2, 0.25) is 5.91 Å². The Balaban J connectivity index is 1.66. The Labute approximate surface area is 119 Å². The SMILES string of the molecule is CC(C)(C)c1cc(NC(=O)C2NCC3CCCC32)n[nH]1. The van der Waals surface area contributed by atoms with Crippen LogP contribution in [0.5, 0.6) is 0 Å². The van der Waals surface area contributed by atoms with E-state index in [2.05, 4.69) is 41.6 Å². The van der Waals surface area contributed by atoms with E-state index in [4.69, 9.17) is 0 Å². The second-order valence-electron chi connectivity index (χ2n) is 7.15. The summed E-state index contributed by atoms with van der Waals surface area (Å²) in [5, 5.41) is 13.5. The van der Waals surface area contributed by atoms with E-state index in [1.54, 1.807) is 0 Å². The van der Waals surface area contributed by atoms with Crippen LogP contribution in [-0.2, 0) is 10.2 Å². The van der Waals surface area contributed by atoms with E-state index in [1.165, 1.54) is 19.3 Å². The van der Waals surface area contributed by atoms with Crippen molar-refractivity contribution in [3.8, 4) is 0 Å².